The maximum atomic E-state index is 7.00. The third-order valence-electron chi connectivity index (χ3n) is 0.491. The minimum absolute atomic E-state index is 0.306. The smallest absolute Gasteiger partial charge is 0.179 e. The molecule has 0 amide bonds. The van der Waals surface area contributed by atoms with Gasteiger partial charge in [-0.3, -0.25) is 5.41 Å². The van der Waals surface area contributed by atoms with Crippen LogP contribution < -0.4 is 0 Å². The van der Waals surface area contributed by atoms with Gasteiger partial charge in [0.1, 0.15) is 0 Å². The third kappa shape index (κ3) is 3.87. The Morgan fingerprint density at radius 2 is 2.25 bits per heavy atom. The van der Waals surface area contributed by atoms with E-state index in [4.69, 9.17) is 5.41 Å². The van der Waals surface area contributed by atoms with Gasteiger partial charge in [0.15, 0.2) is 5.17 Å². The average molecular weight is 130 g/mol. The van der Waals surface area contributed by atoms with Crippen molar-refractivity contribution in [2.45, 2.75) is 19.1 Å². The Labute approximate surface area is 53.9 Å². The van der Waals surface area contributed by atoms with E-state index < -0.39 is 0 Å². The standard InChI is InChI=1S/C5H10N2S/c1-4(2)8-5(6)7-3/h4,6H,3H2,1-2H3. The molecular weight excluding hydrogens is 120 g/mol. The van der Waals surface area contributed by atoms with Gasteiger partial charge >= 0.3 is 0 Å². The van der Waals surface area contributed by atoms with E-state index in [0.29, 0.717) is 10.4 Å². The number of nitrogens with one attached hydrogen (secondary N) is 1. The van der Waals surface area contributed by atoms with Crippen LogP contribution in [0.2, 0.25) is 0 Å². The van der Waals surface area contributed by atoms with Crippen molar-refractivity contribution in [3.8, 4) is 0 Å². The molecule has 0 aromatic carbocycles. The first-order chi connectivity index (χ1) is 3.66. The highest BCUT2D eigenvalue weighted by Gasteiger charge is 1.95. The Balaban J connectivity index is 3.39. The minimum atomic E-state index is 0.306. The normalized spacial score (nSPS) is 9.38. The first kappa shape index (κ1) is 7.69. The predicted octanol–water partition coefficient (Wildman–Crippen LogP) is 1.76. The molecule has 0 rings (SSSR count). The van der Waals surface area contributed by atoms with Crippen molar-refractivity contribution in [2.75, 3.05) is 0 Å². The van der Waals surface area contributed by atoms with E-state index in [1.54, 1.807) is 0 Å². The molecule has 0 atom stereocenters. The summed E-state index contributed by atoms with van der Waals surface area (Å²) in [4.78, 5) is 3.42. The van der Waals surface area contributed by atoms with Crippen LogP contribution in [0.15, 0.2) is 4.99 Å². The summed E-state index contributed by atoms with van der Waals surface area (Å²) in [6, 6.07) is 0. The number of hydrogen-bond donors (Lipinski definition) is 1. The molecule has 3 heteroatoms. The summed E-state index contributed by atoms with van der Waals surface area (Å²) in [7, 11) is 0. The van der Waals surface area contributed by atoms with Gasteiger partial charge in [-0.1, -0.05) is 25.6 Å². The summed E-state index contributed by atoms with van der Waals surface area (Å²) in [6.45, 7) is 7.25. The molecule has 1 N–H and O–H groups in total. The fourth-order valence-corrected chi connectivity index (χ4v) is 0.782. The van der Waals surface area contributed by atoms with Crippen LogP contribution >= 0.6 is 11.8 Å². The summed E-state index contributed by atoms with van der Waals surface area (Å²) in [5.41, 5.74) is 0. The highest BCUT2D eigenvalue weighted by Crippen LogP contribution is 2.09. The minimum Gasteiger partial charge on any atom is -0.277 e. The zero-order chi connectivity index (χ0) is 6.57. The maximum absolute atomic E-state index is 7.00. The van der Waals surface area contributed by atoms with Crippen LogP contribution in [0.3, 0.4) is 0 Å². The van der Waals surface area contributed by atoms with Crippen LogP contribution in [-0.4, -0.2) is 17.1 Å². The molecule has 0 aliphatic heterocycles. The van der Waals surface area contributed by atoms with E-state index in [-0.39, 0.29) is 0 Å². The number of nitrogens with zero attached hydrogens (tertiary/aromatic N) is 1. The van der Waals surface area contributed by atoms with Crippen LogP contribution in [0.5, 0.6) is 0 Å². The van der Waals surface area contributed by atoms with E-state index in [0.717, 1.165) is 0 Å². The largest absolute Gasteiger partial charge is 0.277 e. The Morgan fingerprint density at radius 3 is 2.38 bits per heavy atom. The van der Waals surface area contributed by atoms with Crippen molar-refractivity contribution in [1.82, 2.24) is 0 Å². The van der Waals surface area contributed by atoms with Crippen LogP contribution in [-0.2, 0) is 0 Å². The SMILES string of the molecule is C=NC(=N)SC(C)C. The van der Waals surface area contributed by atoms with Crippen LogP contribution in [0.1, 0.15) is 13.8 Å². The second kappa shape index (κ2) is 3.66. The molecule has 46 valence electrons. The van der Waals surface area contributed by atoms with Gasteiger partial charge in [-0.2, -0.15) is 0 Å². The van der Waals surface area contributed by atoms with Crippen molar-refractivity contribution in [3.05, 3.63) is 0 Å². The number of thioether (sulfide) groups is 1. The fraction of sp³-hybridized carbons (Fsp3) is 0.600. The Hall–Kier alpha value is -0.310. The third-order valence-corrected chi connectivity index (χ3v) is 1.31. The molecule has 0 aromatic rings. The fourth-order valence-electron chi connectivity index (χ4n) is 0.261. The van der Waals surface area contributed by atoms with Gasteiger partial charge in [-0.25, -0.2) is 4.99 Å². The summed E-state index contributed by atoms with van der Waals surface area (Å²) in [5, 5.41) is 7.75. The summed E-state index contributed by atoms with van der Waals surface area (Å²) < 4.78 is 0. The van der Waals surface area contributed by atoms with Gasteiger partial charge in [0.2, 0.25) is 0 Å². The Morgan fingerprint density at radius 1 is 1.75 bits per heavy atom. The van der Waals surface area contributed by atoms with Crippen LogP contribution in [0.25, 0.3) is 0 Å². The zero-order valence-corrected chi connectivity index (χ0v) is 5.96. The molecule has 0 saturated carbocycles. The molecule has 2 nitrogen and oxygen atoms in total. The van der Waals surface area contributed by atoms with Crippen molar-refractivity contribution >= 4 is 23.6 Å². The van der Waals surface area contributed by atoms with E-state index in [2.05, 4.69) is 11.7 Å². The number of rotatable bonds is 1. The molecule has 0 saturated heterocycles. The van der Waals surface area contributed by atoms with Gasteiger partial charge in [-0.05, 0) is 6.72 Å². The lowest BCUT2D eigenvalue weighted by atomic mass is 10.6. The molecular formula is C5H10N2S. The molecule has 0 aromatic heterocycles. The molecule has 0 aliphatic rings. The summed E-state index contributed by atoms with van der Waals surface area (Å²) in [6.07, 6.45) is 0. The molecule has 0 spiro atoms. The van der Waals surface area contributed by atoms with Crippen molar-refractivity contribution < 1.29 is 0 Å². The van der Waals surface area contributed by atoms with E-state index in [1.165, 1.54) is 11.8 Å². The monoisotopic (exact) mass is 130 g/mol. The Kier molecular flexibility index (Phi) is 3.52. The molecule has 0 radical (unpaired) electrons. The number of hydrogen-bond acceptors (Lipinski definition) is 2. The van der Waals surface area contributed by atoms with Gasteiger partial charge in [0.05, 0.1) is 0 Å². The predicted molar refractivity (Wildman–Crippen MR) is 40.0 cm³/mol. The second-order valence-electron chi connectivity index (χ2n) is 1.63. The zero-order valence-electron chi connectivity index (χ0n) is 5.14. The first-order valence-electron chi connectivity index (χ1n) is 2.38. The lowest BCUT2D eigenvalue weighted by molar-refractivity contribution is 1.12. The summed E-state index contributed by atoms with van der Waals surface area (Å²) >= 11 is 1.41. The van der Waals surface area contributed by atoms with E-state index in [9.17, 15) is 0 Å². The van der Waals surface area contributed by atoms with Crippen LogP contribution in [0.4, 0.5) is 0 Å². The molecule has 8 heavy (non-hydrogen) atoms. The maximum Gasteiger partial charge on any atom is 0.179 e. The lowest BCUT2D eigenvalue weighted by Crippen LogP contribution is -1.91. The van der Waals surface area contributed by atoms with Gasteiger partial charge in [0, 0.05) is 5.25 Å². The van der Waals surface area contributed by atoms with E-state index >= 15 is 0 Å². The number of aliphatic imine (C=N–C) groups is 1. The second-order valence-corrected chi connectivity index (χ2v) is 3.20. The van der Waals surface area contributed by atoms with E-state index in [1.807, 2.05) is 13.8 Å². The van der Waals surface area contributed by atoms with Crippen molar-refractivity contribution in [1.29, 1.82) is 5.41 Å². The summed E-state index contributed by atoms with van der Waals surface area (Å²) in [5.74, 6) is 0. The van der Waals surface area contributed by atoms with Gasteiger partial charge < -0.3 is 0 Å². The average Bonchev–Trinajstić information content (AvgIpc) is 1.65. The topological polar surface area (TPSA) is 36.2 Å². The highest BCUT2D eigenvalue weighted by atomic mass is 32.2. The lowest BCUT2D eigenvalue weighted by Gasteiger charge is -1.98. The van der Waals surface area contributed by atoms with Crippen LogP contribution in [0, 0.1) is 5.41 Å². The highest BCUT2D eigenvalue weighted by molar-refractivity contribution is 8.14. The molecule has 0 bridgehead atoms. The number of amidine groups is 1. The van der Waals surface area contributed by atoms with Crippen molar-refractivity contribution in [2.24, 2.45) is 4.99 Å². The van der Waals surface area contributed by atoms with Crippen molar-refractivity contribution in [3.63, 3.8) is 0 Å². The quantitative estimate of drug-likeness (QED) is 0.426. The van der Waals surface area contributed by atoms with Gasteiger partial charge in [0.25, 0.3) is 0 Å². The Bertz CT molecular complexity index is 98.6. The molecule has 0 heterocycles. The molecule has 0 fully saturated rings. The first-order valence-corrected chi connectivity index (χ1v) is 3.26. The van der Waals surface area contributed by atoms with Gasteiger partial charge in [-0.15, -0.1) is 0 Å². The molecule has 0 unspecified atom stereocenters. The molecule has 0 aliphatic carbocycles.